The molecule has 0 aliphatic rings. The van der Waals surface area contributed by atoms with E-state index in [4.69, 9.17) is 4.42 Å². The van der Waals surface area contributed by atoms with Gasteiger partial charge in [0.1, 0.15) is 11.4 Å². The van der Waals surface area contributed by atoms with Crippen LogP contribution in [-0.2, 0) is 4.79 Å². The highest BCUT2D eigenvalue weighted by molar-refractivity contribution is 5.91. The van der Waals surface area contributed by atoms with E-state index in [1.54, 1.807) is 12.1 Å². The molecule has 0 saturated heterocycles. The normalized spacial score (nSPS) is 10.6. The van der Waals surface area contributed by atoms with Crippen molar-refractivity contribution < 1.29 is 14.3 Å². The quantitative estimate of drug-likeness (QED) is 0.508. The van der Waals surface area contributed by atoms with Crippen LogP contribution in [0.5, 0.6) is 5.75 Å². The van der Waals surface area contributed by atoms with E-state index in [0.29, 0.717) is 11.3 Å². The third-order valence-corrected chi connectivity index (χ3v) is 4.30. The molecule has 2 N–H and O–H groups in total. The fraction of sp³-hybridized carbons (Fsp3) is 0.0435. The monoisotopic (exact) mass is 370 g/mol. The summed E-state index contributed by atoms with van der Waals surface area (Å²) < 4.78 is 5.79. The van der Waals surface area contributed by atoms with Gasteiger partial charge in [0.25, 0.3) is 0 Å². The first-order valence-electron chi connectivity index (χ1n) is 8.84. The second-order valence-corrected chi connectivity index (χ2v) is 6.34. The molecule has 0 radical (unpaired) electrons. The highest BCUT2D eigenvalue weighted by Crippen LogP contribution is 2.37. The van der Waals surface area contributed by atoms with Crippen LogP contribution in [0.25, 0.3) is 33.8 Å². The van der Waals surface area contributed by atoms with Gasteiger partial charge in [-0.25, -0.2) is 4.98 Å². The summed E-state index contributed by atoms with van der Waals surface area (Å²) in [5.41, 5.74) is 3.66. The van der Waals surface area contributed by atoms with Gasteiger partial charge in [-0.2, -0.15) is 0 Å². The number of aromatic hydroxyl groups is 1. The van der Waals surface area contributed by atoms with Crippen molar-refractivity contribution in [3.8, 4) is 39.6 Å². The van der Waals surface area contributed by atoms with Crippen LogP contribution in [0, 0.1) is 0 Å². The van der Waals surface area contributed by atoms with Gasteiger partial charge in [0.2, 0.25) is 17.7 Å². The van der Waals surface area contributed by atoms with Gasteiger partial charge in [-0.1, -0.05) is 66.7 Å². The van der Waals surface area contributed by atoms with Crippen LogP contribution in [0.3, 0.4) is 0 Å². The van der Waals surface area contributed by atoms with Crippen LogP contribution >= 0.6 is 0 Å². The van der Waals surface area contributed by atoms with E-state index in [2.05, 4.69) is 10.3 Å². The van der Waals surface area contributed by atoms with Crippen LogP contribution in [0.1, 0.15) is 6.92 Å². The fourth-order valence-corrected chi connectivity index (χ4v) is 2.99. The first-order chi connectivity index (χ1) is 13.6. The zero-order valence-electron chi connectivity index (χ0n) is 15.2. The molecule has 0 aliphatic carbocycles. The van der Waals surface area contributed by atoms with Crippen molar-refractivity contribution in [3.05, 3.63) is 78.9 Å². The molecular weight excluding hydrogens is 352 g/mol. The Hall–Kier alpha value is -3.86. The lowest BCUT2D eigenvalue weighted by Crippen LogP contribution is -2.05. The van der Waals surface area contributed by atoms with Crippen LogP contribution in [-0.4, -0.2) is 16.0 Å². The molecule has 0 bridgehead atoms. The van der Waals surface area contributed by atoms with Crippen molar-refractivity contribution in [2.45, 2.75) is 6.92 Å². The SMILES string of the molecule is CC(=O)Nc1oc(-c2ccc(-c3ccccc3)cc2O)nc1-c1ccccc1. The van der Waals surface area contributed by atoms with Gasteiger partial charge in [-0.05, 0) is 23.3 Å². The molecule has 0 aliphatic heterocycles. The Balaban J connectivity index is 1.77. The average molecular weight is 370 g/mol. The lowest BCUT2D eigenvalue weighted by molar-refractivity contribution is -0.114. The second kappa shape index (κ2) is 7.40. The van der Waals surface area contributed by atoms with E-state index in [0.717, 1.165) is 16.7 Å². The Bertz CT molecular complexity index is 1120. The number of oxazole rings is 1. The molecule has 0 unspecified atom stereocenters. The molecule has 5 nitrogen and oxygen atoms in total. The van der Waals surface area contributed by atoms with Gasteiger partial charge in [-0.15, -0.1) is 0 Å². The maximum absolute atomic E-state index is 11.6. The van der Waals surface area contributed by atoms with Crippen LogP contribution in [0.4, 0.5) is 5.88 Å². The summed E-state index contributed by atoms with van der Waals surface area (Å²) in [5, 5.41) is 13.2. The summed E-state index contributed by atoms with van der Waals surface area (Å²) >= 11 is 0. The van der Waals surface area contributed by atoms with Crippen molar-refractivity contribution in [2.24, 2.45) is 0 Å². The number of anilines is 1. The number of benzene rings is 3. The van der Waals surface area contributed by atoms with Gasteiger partial charge in [0.15, 0.2) is 0 Å². The fourth-order valence-electron chi connectivity index (χ4n) is 2.99. The van der Waals surface area contributed by atoms with Crippen LogP contribution < -0.4 is 5.32 Å². The van der Waals surface area contributed by atoms with Crippen molar-refractivity contribution in [1.82, 2.24) is 4.98 Å². The molecule has 0 saturated carbocycles. The van der Waals surface area contributed by atoms with Crippen molar-refractivity contribution in [2.75, 3.05) is 5.32 Å². The molecule has 1 amide bonds. The van der Waals surface area contributed by atoms with Gasteiger partial charge in [-0.3, -0.25) is 10.1 Å². The minimum absolute atomic E-state index is 0.0524. The summed E-state index contributed by atoms with van der Waals surface area (Å²) in [5.74, 6) is 0.278. The topological polar surface area (TPSA) is 75.4 Å². The lowest BCUT2D eigenvalue weighted by Gasteiger charge is -2.05. The van der Waals surface area contributed by atoms with E-state index in [1.165, 1.54) is 6.92 Å². The Kier molecular flexibility index (Phi) is 4.64. The van der Waals surface area contributed by atoms with E-state index in [1.807, 2.05) is 66.7 Å². The summed E-state index contributed by atoms with van der Waals surface area (Å²) in [6.07, 6.45) is 0. The minimum atomic E-state index is -0.261. The predicted octanol–water partition coefficient (Wildman–Crippen LogP) is 5.34. The maximum Gasteiger partial charge on any atom is 0.233 e. The van der Waals surface area contributed by atoms with Crippen molar-refractivity contribution in [1.29, 1.82) is 0 Å². The zero-order chi connectivity index (χ0) is 19.5. The van der Waals surface area contributed by atoms with E-state index < -0.39 is 0 Å². The van der Waals surface area contributed by atoms with Gasteiger partial charge in [0, 0.05) is 12.5 Å². The molecule has 3 aromatic carbocycles. The van der Waals surface area contributed by atoms with Crippen LogP contribution in [0.2, 0.25) is 0 Å². The van der Waals surface area contributed by atoms with Crippen molar-refractivity contribution in [3.63, 3.8) is 0 Å². The Morgan fingerprint density at radius 2 is 1.54 bits per heavy atom. The average Bonchev–Trinajstić information content (AvgIpc) is 3.12. The molecular formula is C23H18N2O3. The number of carbonyl (C=O) groups is 1. The van der Waals surface area contributed by atoms with E-state index in [9.17, 15) is 9.90 Å². The Labute approximate surface area is 162 Å². The van der Waals surface area contributed by atoms with E-state index >= 15 is 0 Å². The van der Waals surface area contributed by atoms with Crippen LogP contribution in [0.15, 0.2) is 83.3 Å². The highest BCUT2D eigenvalue weighted by atomic mass is 16.4. The number of carbonyl (C=O) groups excluding carboxylic acids is 1. The molecule has 138 valence electrons. The smallest absolute Gasteiger partial charge is 0.233 e. The molecule has 4 aromatic rings. The summed E-state index contributed by atoms with van der Waals surface area (Å²) in [6.45, 7) is 1.41. The number of phenols is 1. The number of phenolic OH excluding ortho intramolecular Hbond substituents is 1. The van der Waals surface area contributed by atoms with Crippen molar-refractivity contribution >= 4 is 11.8 Å². The van der Waals surface area contributed by atoms with E-state index in [-0.39, 0.29) is 23.4 Å². The molecule has 0 fully saturated rings. The van der Waals surface area contributed by atoms with Gasteiger partial charge < -0.3 is 9.52 Å². The number of hydrogen-bond donors (Lipinski definition) is 2. The first-order valence-corrected chi connectivity index (χ1v) is 8.84. The van der Waals surface area contributed by atoms with Gasteiger partial charge in [0.05, 0.1) is 5.56 Å². The molecule has 5 heteroatoms. The number of hydrogen-bond acceptors (Lipinski definition) is 4. The molecule has 1 heterocycles. The first kappa shape index (κ1) is 17.5. The highest BCUT2D eigenvalue weighted by Gasteiger charge is 2.19. The standard InChI is InChI=1S/C23H18N2O3/c1-15(26)24-23-21(17-10-6-3-7-11-17)25-22(28-23)19-13-12-18(14-20(19)27)16-8-4-2-5-9-16/h2-14,27H,1H3,(H,24,26). The largest absolute Gasteiger partial charge is 0.507 e. The number of nitrogens with zero attached hydrogens (tertiary/aromatic N) is 1. The summed E-state index contributed by atoms with van der Waals surface area (Å²) in [6, 6.07) is 24.5. The van der Waals surface area contributed by atoms with Gasteiger partial charge >= 0.3 is 0 Å². The molecule has 1 aromatic heterocycles. The third kappa shape index (κ3) is 3.50. The third-order valence-electron chi connectivity index (χ3n) is 4.30. The number of amides is 1. The molecule has 0 atom stereocenters. The number of nitrogens with one attached hydrogen (secondary N) is 1. The molecule has 28 heavy (non-hydrogen) atoms. The molecule has 4 rings (SSSR count). The Morgan fingerprint density at radius 1 is 0.893 bits per heavy atom. The summed E-state index contributed by atoms with van der Waals surface area (Å²) in [7, 11) is 0. The second-order valence-electron chi connectivity index (χ2n) is 6.34. The lowest BCUT2D eigenvalue weighted by atomic mass is 10.0. The zero-order valence-corrected chi connectivity index (χ0v) is 15.2. The number of rotatable bonds is 4. The predicted molar refractivity (Wildman–Crippen MR) is 109 cm³/mol. The molecule has 0 spiro atoms. The number of aromatic nitrogens is 1. The summed E-state index contributed by atoms with van der Waals surface area (Å²) in [4.78, 5) is 16.1. The maximum atomic E-state index is 11.6. The Morgan fingerprint density at radius 3 is 2.14 bits per heavy atom. The minimum Gasteiger partial charge on any atom is -0.507 e.